The van der Waals surface area contributed by atoms with E-state index >= 15 is 0 Å². The van der Waals surface area contributed by atoms with Crippen LogP contribution in [-0.4, -0.2) is 57.6 Å². The van der Waals surface area contributed by atoms with E-state index < -0.39 is 10.0 Å². The first-order valence-electron chi connectivity index (χ1n) is 15.7. The summed E-state index contributed by atoms with van der Waals surface area (Å²) in [7, 11) is 9.27. The molecular formula is C34H51Cl2N3O3RuS. The van der Waals surface area contributed by atoms with Gasteiger partial charge < -0.3 is 9.64 Å². The van der Waals surface area contributed by atoms with E-state index in [2.05, 4.69) is 61.8 Å². The standard InChI is InChI=1S/C34H51N3O3S.2ClH.Ru/c1-24(2)31-15-12-16-32(25(3)4)34(31)37-23-36(21-27-13-10-9-11-14-27)22-29(37)19-28-20-30(41(38,39)35(7)8)17-18-33(28)40-26(5)6;;;/h12,15-20,24-27H,9-11,13-14,21-23H2,1-8H3;2*1H;/q;;;+2/p-2. The molecule has 0 amide bonds. The zero-order valence-electron chi connectivity index (χ0n) is 27.6. The molecule has 6 nitrogen and oxygen atoms in total. The molecule has 2 fully saturated rings. The van der Waals surface area contributed by atoms with Crippen molar-refractivity contribution < 1.29 is 28.3 Å². The van der Waals surface area contributed by atoms with Crippen molar-refractivity contribution in [1.29, 1.82) is 0 Å². The Kier molecular flexibility index (Phi) is 14.5. The molecule has 10 heteroatoms. The average Bonchev–Trinajstić information content (AvgIpc) is 3.35. The van der Waals surface area contributed by atoms with Crippen LogP contribution in [0.2, 0.25) is 0 Å². The number of anilines is 1. The Labute approximate surface area is 282 Å². The number of para-hydroxylation sites is 1. The van der Waals surface area contributed by atoms with Crippen LogP contribution in [0, 0.1) is 5.92 Å². The summed E-state index contributed by atoms with van der Waals surface area (Å²) >= 11 is -0.346. The number of hydrogen-bond acceptors (Lipinski definition) is 5. The fourth-order valence-electron chi connectivity index (χ4n) is 6.23. The Morgan fingerprint density at radius 2 is 1.57 bits per heavy atom. The van der Waals surface area contributed by atoms with Gasteiger partial charge in [0, 0.05) is 44.1 Å². The van der Waals surface area contributed by atoms with Gasteiger partial charge in [0.15, 0.2) is 0 Å². The molecule has 4 rings (SSSR count). The van der Waals surface area contributed by atoms with Gasteiger partial charge in [-0.3, -0.25) is 4.90 Å². The summed E-state index contributed by atoms with van der Waals surface area (Å²) < 4.78 is 33.7. The van der Waals surface area contributed by atoms with E-state index in [1.807, 2.05) is 19.9 Å². The van der Waals surface area contributed by atoms with Crippen LogP contribution in [-0.2, 0) is 25.2 Å². The molecule has 248 valence electrons. The third-order valence-corrected chi connectivity index (χ3v) is 10.2. The van der Waals surface area contributed by atoms with Crippen molar-refractivity contribution in [2.24, 2.45) is 5.92 Å². The van der Waals surface area contributed by atoms with E-state index in [4.69, 9.17) is 24.1 Å². The maximum absolute atomic E-state index is 13.1. The molecule has 0 spiro atoms. The van der Waals surface area contributed by atoms with Gasteiger partial charge in [0.25, 0.3) is 0 Å². The predicted molar refractivity (Wildman–Crippen MR) is 183 cm³/mol. The molecule has 1 saturated carbocycles. The fraction of sp³-hybridized carbons (Fsp3) is 0.588. The van der Waals surface area contributed by atoms with Gasteiger partial charge in [-0.25, -0.2) is 12.7 Å². The number of sulfonamides is 1. The second-order valence-electron chi connectivity index (χ2n) is 13.0. The Morgan fingerprint density at radius 1 is 0.977 bits per heavy atom. The van der Waals surface area contributed by atoms with Gasteiger partial charge in [0.1, 0.15) is 5.75 Å². The van der Waals surface area contributed by atoms with E-state index in [0.717, 1.165) is 31.2 Å². The maximum atomic E-state index is 13.1. The third kappa shape index (κ3) is 9.68. The summed E-state index contributed by atoms with van der Waals surface area (Å²) in [5, 5.41) is 0. The number of rotatable bonds is 10. The molecule has 0 unspecified atom stereocenters. The summed E-state index contributed by atoms with van der Waals surface area (Å²) in [5.74, 6) is 2.21. The summed E-state index contributed by atoms with van der Waals surface area (Å²) in [5.41, 5.74) is 5.99. The number of nitrogens with zero attached hydrogens (tertiary/aromatic N) is 3. The Balaban J connectivity index is 0.00000169. The van der Waals surface area contributed by atoms with E-state index in [1.54, 1.807) is 26.2 Å². The average molecular weight is 754 g/mol. The first-order valence-corrected chi connectivity index (χ1v) is 21.6. The molecule has 0 bridgehead atoms. The zero-order valence-corrected chi connectivity index (χ0v) is 31.7. The van der Waals surface area contributed by atoms with Gasteiger partial charge in [-0.15, -0.1) is 0 Å². The van der Waals surface area contributed by atoms with Crippen molar-refractivity contribution in [2.75, 3.05) is 38.8 Å². The quantitative estimate of drug-likeness (QED) is 0.227. The molecule has 0 radical (unpaired) electrons. The molecule has 2 aliphatic rings. The van der Waals surface area contributed by atoms with Crippen LogP contribution in [0.25, 0.3) is 6.08 Å². The van der Waals surface area contributed by atoms with Crippen LogP contribution >= 0.6 is 19.4 Å². The van der Waals surface area contributed by atoms with Crippen LogP contribution in [0.4, 0.5) is 5.69 Å². The molecule has 0 N–H and O–H groups in total. The Bertz CT molecular complexity index is 1330. The van der Waals surface area contributed by atoms with Crippen LogP contribution in [0.5, 0.6) is 5.75 Å². The molecule has 2 aromatic carbocycles. The van der Waals surface area contributed by atoms with E-state index in [0.29, 0.717) is 17.6 Å². The minimum atomic E-state index is -3.59. The van der Waals surface area contributed by atoms with Crippen molar-refractivity contribution in [3.63, 3.8) is 0 Å². The minimum absolute atomic E-state index is 0.0276. The first kappa shape index (κ1) is 37.3. The van der Waals surface area contributed by atoms with E-state index in [1.165, 1.54) is 58.9 Å². The Hall–Kier alpha value is -1.15. The molecule has 1 aliphatic heterocycles. The van der Waals surface area contributed by atoms with Gasteiger partial charge in [0.2, 0.25) is 10.0 Å². The SMILES string of the molecule is CC(C)Oc1ccc(S(=O)(=O)N(C)C)cc1C=C1CN(CC2CCCCC2)CN1c1c(C(C)C)cccc1C(C)C.[Cl][Ru][Cl]. The second-order valence-corrected chi connectivity index (χ2v) is 17.8. The zero-order chi connectivity index (χ0) is 32.6. The van der Waals surface area contributed by atoms with Crippen LogP contribution in [0.15, 0.2) is 47.0 Å². The second kappa shape index (κ2) is 17.1. The molecule has 2 aromatic rings. The normalized spacial score (nSPS) is 17.8. The van der Waals surface area contributed by atoms with Crippen molar-refractivity contribution in [2.45, 2.75) is 96.5 Å². The van der Waals surface area contributed by atoms with Crippen LogP contribution in [0.1, 0.15) is 102 Å². The summed E-state index contributed by atoms with van der Waals surface area (Å²) in [6.07, 6.45) is 8.80. The van der Waals surface area contributed by atoms with Crippen LogP contribution in [0.3, 0.4) is 0 Å². The van der Waals surface area contributed by atoms with Gasteiger partial charge in [-0.2, -0.15) is 0 Å². The van der Waals surface area contributed by atoms with Crippen LogP contribution < -0.4 is 9.64 Å². The van der Waals surface area contributed by atoms with Crippen molar-refractivity contribution in [3.8, 4) is 5.75 Å². The number of hydrogen-bond donors (Lipinski definition) is 0. The monoisotopic (exact) mass is 753 g/mol. The summed E-state index contributed by atoms with van der Waals surface area (Å²) in [6, 6.07) is 12.0. The van der Waals surface area contributed by atoms with Gasteiger partial charge in [0.05, 0.1) is 17.7 Å². The van der Waals surface area contributed by atoms with Crippen molar-refractivity contribution >= 4 is 41.2 Å². The number of benzene rings is 2. The van der Waals surface area contributed by atoms with Gasteiger partial charge in [-0.05, 0) is 79.8 Å². The predicted octanol–water partition coefficient (Wildman–Crippen LogP) is 9.05. The molecule has 0 atom stereocenters. The Morgan fingerprint density at radius 3 is 2.09 bits per heavy atom. The third-order valence-electron chi connectivity index (χ3n) is 8.37. The molecule has 1 heterocycles. The summed E-state index contributed by atoms with van der Waals surface area (Å²) in [4.78, 5) is 5.37. The molecular weight excluding hydrogens is 702 g/mol. The molecule has 0 aromatic heterocycles. The fourth-order valence-corrected chi connectivity index (χ4v) is 7.16. The van der Waals surface area contributed by atoms with Crippen molar-refractivity contribution in [1.82, 2.24) is 9.21 Å². The number of halogens is 2. The van der Waals surface area contributed by atoms with E-state index in [-0.39, 0.29) is 26.1 Å². The topological polar surface area (TPSA) is 53.1 Å². The number of ether oxygens (including phenoxy) is 1. The van der Waals surface area contributed by atoms with Gasteiger partial charge >= 0.3 is 34.5 Å². The molecule has 1 saturated heterocycles. The molecule has 1 aliphatic carbocycles. The van der Waals surface area contributed by atoms with E-state index in [9.17, 15) is 8.42 Å². The van der Waals surface area contributed by atoms with Gasteiger partial charge in [-0.1, -0.05) is 65.2 Å². The molecule has 44 heavy (non-hydrogen) atoms. The van der Waals surface area contributed by atoms with Crippen molar-refractivity contribution in [3.05, 3.63) is 58.8 Å². The summed E-state index contributed by atoms with van der Waals surface area (Å²) in [6.45, 7) is 15.8. The first-order chi connectivity index (χ1) is 20.8.